The molecule has 30 heavy (non-hydrogen) atoms. The fraction of sp³-hybridized carbons (Fsp3) is 0.160. The van der Waals surface area contributed by atoms with Crippen LogP contribution < -0.4 is 4.90 Å². The second-order valence-corrected chi connectivity index (χ2v) is 8.30. The van der Waals surface area contributed by atoms with Crippen molar-refractivity contribution in [2.24, 2.45) is 0 Å². The molecule has 0 spiro atoms. The molecule has 1 aliphatic rings. The van der Waals surface area contributed by atoms with Gasteiger partial charge >= 0.3 is 0 Å². The standard InChI is InChI=1S/C25H21ClN2O2/c1-15-7-3-4-8-17(15)14-28-22-12-11-18(26)13-20(22)25(30,24(28)29)23-16(2)27-21-10-6-5-9-19(21)23/h3-13,27,30H,14H2,1-2H3/t25-/m0/s1. The van der Waals surface area contributed by atoms with Gasteiger partial charge in [0.1, 0.15) is 0 Å². The predicted octanol–water partition coefficient (Wildman–Crippen LogP) is 5.22. The quantitative estimate of drug-likeness (QED) is 0.481. The summed E-state index contributed by atoms with van der Waals surface area (Å²) in [4.78, 5) is 18.8. The molecule has 1 aliphatic heterocycles. The van der Waals surface area contributed by atoms with Crippen LogP contribution in [0.2, 0.25) is 5.02 Å². The Morgan fingerprint density at radius 2 is 1.77 bits per heavy atom. The molecule has 0 fully saturated rings. The molecule has 0 radical (unpaired) electrons. The minimum Gasteiger partial charge on any atom is -0.372 e. The fourth-order valence-electron chi connectivity index (χ4n) is 4.55. The molecule has 1 amide bonds. The number of benzene rings is 3. The number of halogens is 1. The molecule has 5 heteroatoms. The largest absolute Gasteiger partial charge is 0.372 e. The van der Waals surface area contributed by atoms with Gasteiger partial charge in [0.15, 0.2) is 5.60 Å². The second kappa shape index (κ2) is 6.73. The van der Waals surface area contributed by atoms with E-state index in [2.05, 4.69) is 4.98 Å². The van der Waals surface area contributed by atoms with Gasteiger partial charge < -0.3 is 15.0 Å². The highest BCUT2D eigenvalue weighted by Crippen LogP contribution is 2.48. The Kier molecular flexibility index (Phi) is 4.24. The van der Waals surface area contributed by atoms with Crippen LogP contribution in [0.4, 0.5) is 5.69 Å². The summed E-state index contributed by atoms with van der Waals surface area (Å²) in [6.07, 6.45) is 0. The minimum absolute atomic E-state index is 0.365. The topological polar surface area (TPSA) is 56.3 Å². The van der Waals surface area contributed by atoms with E-state index >= 15 is 0 Å². The molecule has 0 bridgehead atoms. The fourth-order valence-corrected chi connectivity index (χ4v) is 4.72. The maximum Gasteiger partial charge on any atom is 0.268 e. The number of rotatable bonds is 3. The number of para-hydroxylation sites is 1. The highest BCUT2D eigenvalue weighted by molar-refractivity contribution is 6.31. The summed E-state index contributed by atoms with van der Waals surface area (Å²) in [7, 11) is 0. The van der Waals surface area contributed by atoms with Gasteiger partial charge in [-0.25, -0.2) is 0 Å². The molecular formula is C25H21ClN2O2. The molecule has 5 rings (SSSR count). The van der Waals surface area contributed by atoms with Crippen molar-refractivity contribution in [3.05, 3.63) is 99.7 Å². The van der Waals surface area contributed by atoms with E-state index in [1.165, 1.54) is 0 Å². The van der Waals surface area contributed by atoms with Crippen LogP contribution in [0.15, 0.2) is 66.7 Å². The van der Waals surface area contributed by atoms with Crippen molar-refractivity contribution in [1.29, 1.82) is 0 Å². The van der Waals surface area contributed by atoms with E-state index in [1.807, 2.05) is 68.4 Å². The Morgan fingerprint density at radius 1 is 1.03 bits per heavy atom. The lowest BCUT2D eigenvalue weighted by molar-refractivity contribution is -0.132. The third kappa shape index (κ3) is 2.61. The van der Waals surface area contributed by atoms with Crippen LogP contribution in [0.25, 0.3) is 10.9 Å². The van der Waals surface area contributed by atoms with E-state index in [1.54, 1.807) is 17.0 Å². The van der Waals surface area contributed by atoms with Crippen LogP contribution in [-0.4, -0.2) is 16.0 Å². The maximum absolute atomic E-state index is 13.8. The van der Waals surface area contributed by atoms with Crippen LogP contribution in [0.1, 0.15) is 27.9 Å². The SMILES string of the molecule is Cc1ccccc1CN1C(=O)[C@@](O)(c2c(C)[nH]c3ccccc23)c2cc(Cl)ccc21. The van der Waals surface area contributed by atoms with Gasteiger partial charge in [0.05, 0.1) is 12.2 Å². The molecule has 4 nitrogen and oxygen atoms in total. The summed E-state index contributed by atoms with van der Waals surface area (Å²) < 4.78 is 0. The zero-order valence-corrected chi connectivity index (χ0v) is 17.5. The number of fused-ring (bicyclic) bond motifs is 2. The third-order valence-corrected chi connectivity index (χ3v) is 6.27. The Labute approximate surface area is 179 Å². The molecular weight excluding hydrogens is 396 g/mol. The normalized spacial score (nSPS) is 18.3. The highest BCUT2D eigenvalue weighted by Gasteiger charge is 2.53. The third-order valence-electron chi connectivity index (χ3n) is 6.04. The average Bonchev–Trinajstić information content (AvgIpc) is 3.17. The first-order chi connectivity index (χ1) is 14.4. The summed E-state index contributed by atoms with van der Waals surface area (Å²) in [5.74, 6) is -0.365. The Bertz CT molecular complexity index is 1310. The summed E-state index contributed by atoms with van der Waals surface area (Å²) >= 11 is 6.30. The number of aryl methyl sites for hydroxylation is 2. The first kappa shape index (κ1) is 18.9. The van der Waals surface area contributed by atoms with Gasteiger partial charge in [0, 0.05) is 32.7 Å². The smallest absolute Gasteiger partial charge is 0.268 e. The van der Waals surface area contributed by atoms with E-state index in [-0.39, 0.29) is 5.91 Å². The van der Waals surface area contributed by atoms with Gasteiger partial charge in [-0.15, -0.1) is 0 Å². The number of carbonyl (C=O) groups is 1. The summed E-state index contributed by atoms with van der Waals surface area (Å²) in [6, 6.07) is 20.9. The number of carbonyl (C=O) groups excluding carboxylic acids is 1. The van der Waals surface area contributed by atoms with E-state index < -0.39 is 5.60 Å². The molecule has 0 aliphatic carbocycles. The second-order valence-electron chi connectivity index (χ2n) is 7.86. The van der Waals surface area contributed by atoms with Crippen molar-refractivity contribution in [1.82, 2.24) is 4.98 Å². The molecule has 0 unspecified atom stereocenters. The van der Waals surface area contributed by atoms with Crippen molar-refractivity contribution in [2.45, 2.75) is 26.0 Å². The van der Waals surface area contributed by atoms with Crippen molar-refractivity contribution in [3.63, 3.8) is 0 Å². The minimum atomic E-state index is -1.81. The highest BCUT2D eigenvalue weighted by atomic mass is 35.5. The van der Waals surface area contributed by atoms with Gasteiger partial charge in [-0.3, -0.25) is 4.79 Å². The van der Waals surface area contributed by atoms with Crippen molar-refractivity contribution < 1.29 is 9.90 Å². The zero-order chi connectivity index (χ0) is 21.0. The number of amides is 1. The van der Waals surface area contributed by atoms with Gasteiger partial charge in [-0.05, 0) is 49.2 Å². The first-order valence-electron chi connectivity index (χ1n) is 9.88. The molecule has 4 aromatic rings. The molecule has 0 saturated heterocycles. The molecule has 150 valence electrons. The number of H-pyrrole nitrogens is 1. The number of aromatic amines is 1. The number of nitrogens with zero attached hydrogens (tertiary/aromatic N) is 1. The van der Waals surface area contributed by atoms with Crippen molar-refractivity contribution in [2.75, 3.05) is 4.90 Å². The van der Waals surface area contributed by atoms with Gasteiger partial charge in [0.2, 0.25) is 0 Å². The van der Waals surface area contributed by atoms with E-state index in [4.69, 9.17) is 11.6 Å². The summed E-state index contributed by atoms with van der Waals surface area (Å²) in [5.41, 5.74) is 3.74. The number of hydrogen-bond donors (Lipinski definition) is 2. The van der Waals surface area contributed by atoms with Crippen LogP contribution in [0.3, 0.4) is 0 Å². The predicted molar refractivity (Wildman–Crippen MR) is 120 cm³/mol. The van der Waals surface area contributed by atoms with Gasteiger partial charge in [-0.2, -0.15) is 0 Å². The van der Waals surface area contributed by atoms with Crippen molar-refractivity contribution in [3.8, 4) is 0 Å². The molecule has 2 N–H and O–H groups in total. The number of hydrogen-bond acceptors (Lipinski definition) is 2. The Balaban J connectivity index is 1.74. The van der Waals surface area contributed by atoms with Crippen LogP contribution in [0.5, 0.6) is 0 Å². The van der Waals surface area contributed by atoms with E-state index in [9.17, 15) is 9.90 Å². The molecule has 2 heterocycles. The van der Waals surface area contributed by atoms with Crippen molar-refractivity contribution >= 4 is 34.1 Å². The van der Waals surface area contributed by atoms with E-state index in [0.29, 0.717) is 28.4 Å². The molecule has 0 saturated carbocycles. The molecule has 3 aromatic carbocycles. The Morgan fingerprint density at radius 3 is 2.57 bits per heavy atom. The molecule has 1 atom stereocenters. The first-order valence-corrected chi connectivity index (χ1v) is 10.3. The molecule has 1 aromatic heterocycles. The van der Waals surface area contributed by atoms with Crippen LogP contribution >= 0.6 is 11.6 Å². The number of nitrogens with one attached hydrogen (secondary N) is 1. The Hall–Kier alpha value is -3.08. The van der Waals surface area contributed by atoms with Crippen LogP contribution in [-0.2, 0) is 16.9 Å². The maximum atomic E-state index is 13.8. The number of anilines is 1. The lowest BCUT2D eigenvalue weighted by Gasteiger charge is -2.24. The zero-order valence-electron chi connectivity index (χ0n) is 16.7. The lowest BCUT2D eigenvalue weighted by atomic mass is 9.85. The number of aromatic nitrogens is 1. The number of aliphatic hydroxyl groups is 1. The summed E-state index contributed by atoms with van der Waals surface area (Å²) in [5, 5.41) is 13.3. The monoisotopic (exact) mass is 416 g/mol. The average molecular weight is 417 g/mol. The van der Waals surface area contributed by atoms with Gasteiger partial charge in [0.25, 0.3) is 5.91 Å². The lowest BCUT2D eigenvalue weighted by Crippen LogP contribution is -2.41. The van der Waals surface area contributed by atoms with Crippen LogP contribution in [0, 0.1) is 13.8 Å². The van der Waals surface area contributed by atoms with Gasteiger partial charge in [-0.1, -0.05) is 54.1 Å². The van der Waals surface area contributed by atoms with E-state index in [0.717, 1.165) is 27.7 Å². The summed E-state index contributed by atoms with van der Waals surface area (Å²) in [6.45, 7) is 4.29.